The molecule has 0 bridgehead atoms. The molecule has 1 aliphatic rings. The number of aromatic nitrogens is 1. The summed E-state index contributed by atoms with van der Waals surface area (Å²) in [7, 11) is 0. The highest BCUT2D eigenvalue weighted by atomic mass is 19.1. The van der Waals surface area contributed by atoms with Crippen molar-refractivity contribution in [2.24, 2.45) is 0 Å². The number of aryl methyl sites for hydroxylation is 1. The number of nitrogens with one attached hydrogen (secondary N) is 2. The van der Waals surface area contributed by atoms with Gasteiger partial charge in [0.05, 0.1) is 0 Å². The second-order valence-electron chi connectivity index (χ2n) is 5.17. The van der Waals surface area contributed by atoms with E-state index in [1.807, 2.05) is 6.07 Å². The highest BCUT2D eigenvalue weighted by Crippen LogP contribution is 2.29. The normalized spacial score (nSPS) is 19.1. The molecule has 0 saturated carbocycles. The Bertz CT molecular complexity index is 559. The molecule has 1 aromatic heterocycles. The Hall–Kier alpha value is -1.35. The van der Waals surface area contributed by atoms with Crippen molar-refractivity contribution in [1.29, 1.82) is 0 Å². The average molecular weight is 246 g/mol. The van der Waals surface area contributed by atoms with Crippen LogP contribution in [0.2, 0.25) is 0 Å². The van der Waals surface area contributed by atoms with Gasteiger partial charge in [-0.1, -0.05) is 6.92 Å². The Morgan fingerprint density at radius 1 is 1.44 bits per heavy atom. The van der Waals surface area contributed by atoms with E-state index >= 15 is 0 Å². The third-order valence-corrected chi connectivity index (χ3v) is 3.83. The molecule has 96 valence electrons. The van der Waals surface area contributed by atoms with Gasteiger partial charge in [0.2, 0.25) is 0 Å². The first-order chi connectivity index (χ1) is 8.78. The van der Waals surface area contributed by atoms with E-state index in [9.17, 15) is 4.39 Å². The number of H-pyrrole nitrogens is 1. The molecule has 3 heteroatoms. The molecule has 0 saturated heterocycles. The van der Waals surface area contributed by atoms with Gasteiger partial charge >= 0.3 is 0 Å². The minimum Gasteiger partial charge on any atom is -0.358 e. The van der Waals surface area contributed by atoms with E-state index in [-0.39, 0.29) is 5.82 Å². The van der Waals surface area contributed by atoms with Crippen LogP contribution in [-0.4, -0.2) is 17.6 Å². The molecular formula is C15H19FN2. The van der Waals surface area contributed by atoms with Gasteiger partial charge < -0.3 is 10.3 Å². The molecule has 0 amide bonds. The number of aromatic amines is 1. The maximum atomic E-state index is 13.4. The zero-order chi connectivity index (χ0) is 12.5. The summed E-state index contributed by atoms with van der Waals surface area (Å²) in [6.45, 7) is 3.25. The van der Waals surface area contributed by atoms with Crippen LogP contribution in [0.3, 0.4) is 0 Å². The van der Waals surface area contributed by atoms with E-state index in [2.05, 4.69) is 17.2 Å². The molecule has 0 aliphatic heterocycles. The van der Waals surface area contributed by atoms with Gasteiger partial charge in [0.25, 0.3) is 0 Å². The quantitative estimate of drug-likeness (QED) is 0.855. The molecule has 2 nitrogen and oxygen atoms in total. The topological polar surface area (TPSA) is 27.8 Å². The van der Waals surface area contributed by atoms with Crippen LogP contribution < -0.4 is 5.32 Å². The fourth-order valence-corrected chi connectivity index (χ4v) is 2.91. The van der Waals surface area contributed by atoms with Crippen LogP contribution in [0, 0.1) is 5.82 Å². The Labute approximate surface area is 107 Å². The standard InChI is InChI=1S/C15H19FN2/c1-2-7-17-11-4-6-15-13(9-11)12-8-10(16)3-5-14(12)18-15/h3,5,8,11,17-18H,2,4,6-7,9H2,1H3. The van der Waals surface area contributed by atoms with Crippen LogP contribution in [0.5, 0.6) is 0 Å². The van der Waals surface area contributed by atoms with Gasteiger partial charge in [-0.3, -0.25) is 0 Å². The summed E-state index contributed by atoms with van der Waals surface area (Å²) < 4.78 is 13.4. The van der Waals surface area contributed by atoms with Crippen LogP contribution in [0.15, 0.2) is 18.2 Å². The zero-order valence-electron chi connectivity index (χ0n) is 10.7. The van der Waals surface area contributed by atoms with E-state index < -0.39 is 0 Å². The summed E-state index contributed by atoms with van der Waals surface area (Å²) in [4.78, 5) is 3.43. The van der Waals surface area contributed by atoms with Crippen molar-refractivity contribution in [3.05, 3.63) is 35.3 Å². The van der Waals surface area contributed by atoms with Crippen molar-refractivity contribution in [2.75, 3.05) is 6.54 Å². The smallest absolute Gasteiger partial charge is 0.123 e. The molecule has 0 radical (unpaired) electrons. The van der Waals surface area contributed by atoms with Gasteiger partial charge in [-0.05, 0) is 56.0 Å². The number of hydrogen-bond acceptors (Lipinski definition) is 1. The molecule has 2 N–H and O–H groups in total. The van der Waals surface area contributed by atoms with Crippen molar-refractivity contribution >= 4 is 10.9 Å². The average Bonchev–Trinajstić information content (AvgIpc) is 2.74. The molecule has 1 unspecified atom stereocenters. The molecule has 1 heterocycles. The minimum absolute atomic E-state index is 0.145. The minimum atomic E-state index is -0.145. The third-order valence-electron chi connectivity index (χ3n) is 3.83. The summed E-state index contributed by atoms with van der Waals surface area (Å²) in [5.41, 5.74) is 3.67. The van der Waals surface area contributed by atoms with Gasteiger partial charge in [-0.2, -0.15) is 0 Å². The summed E-state index contributed by atoms with van der Waals surface area (Å²) in [6, 6.07) is 5.57. The summed E-state index contributed by atoms with van der Waals surface area (Å²) in [6.07, 6.45) is 4.40. The third kappa shape index (κ3) is 2.03. The van der Waals surface area contributed by atoms with Gasteiger partial charge in [-0.15, -0.1) is 0 Å². The second kappa shape index (κ2) is 4.73. The van der Waals surface area contributed by atoms with Gasteiger partial charge in [0.15, 0.2) is 0 Å². The number of halogens is 1. The predicted octanol–water partition coefficient (Wildman–Crippen LogP) is 3.16. The molecule has 18 heavy (non-hydrogen) atoms. The Morgan fingerprint density at radius 2 is 2.33 bits per heavy atom. The first-order valence-corrected chi connectivity index (χ1v) is 6.80. The lowest BCUT2D eigenvalue weighted by Gasteiger charge is -2.23. The van der Waals surface area contributed by atoms with E-state index in [0.717, 1.165) is 36.7 Å². The number of rotatable bonds is 3. The lowest BCUT2D eigenvalue weighted by Crippen LogP contribution is -2.34. The molecule has 0 spiro atoms. The molecule has 1 aromatic carbocycles. The Kier molecular flexibility index (Phi) is 3.08. The van der Waals surface area contributed by atoms with Crippen LogP contribution >= 0.6 is 0 Å². The van der Waals surface area contributed by atoms with Crippen molar-refractivity contribution in [2.45, 2.75) is 38.6 Å². The largest absolute Gasteiger partial charge is 0.358 e. The van der Waals surface area contributed by atoms with E-state index in [1.54, 1.807) is 6.07 Å². The Morgan fingerprint density at radius 3 is 3.17 bits per heavy atom. The highest BCUT2D eigenvalue weighted by molar-refractivity contribution is 5.85. The number of fused-ring (bicyclic) bond motifs is 3. The SMILES string of the molecule is CCCNC1CCc2[nH]c3ccc(F)cc3c2C1. The van der Waals surface area contributed by atoms with E-state index in [1.165, 1.54) is 23.7 Å². The molecule has 2 aromatic rings. The van der Waals surface area contributed by atoms with E-state index in [0.29, 0.717) is 6.04 Å². The van der Waals surface area contributed by atoms with Crippen LogP contribution in [-0.2, 0) is 12.8 Å². The zero-order valence-corrected chi connectivity index (χ0v) is 10.7. The fourth-order valence-electron chi connectivity index (χ4n) is 2.91. The summed E-state index contributed by atoms with van der Waals surface area (Å²) in [5.74, 6) is -0.145. The van der Waals surface area contributed by atoms with Gasteiger partial charge in [0, 0.05) is 22.6 Å². The Balaban J connectivity index is 1.93. The van der Waals surface area contributed by atoms with Crippen molar-refractivity contribution in [3.63, 3.8) is 0 Å². The fraction of sp³-hybridized carbons (Fsp3) is 0.467. The van der Waals surface area contributed by atoms with Crippen molar-refractivity contribution in [3.8, 4) is 0 Å². The predicted molar refractivity (Wildman–Crippen MR) is 72.4 cm³/mol. The van der Waals surface area contributed by atoms with Crippen LogP contribution in [0.4, 0.5) is 4.39 Å². The molecule has 1 aliphatic carbocycles. The lowest BCUT2D eigenvalue weighted by molar-refractivity contribution is 0.458. The maximum Gasteiger partial charge on any atom is 0.123 e. The molecular weight excluding hydrogens is 227 g/mol. The summed E-state index contributed by atoms with van der Waals surface area (Å²) in [5, 5.41) is 4.64. The van der Waals surface area contributed by atoms with Crippen molar-refractivity contribution in [1.82, 2.24) is 10.3 Å². The van der Waals surface area contributed by atoms with Crippen LogP contribution in [0.25, 0.3) is 10.9 Å². The van der Waals surface area contributed by atoms with E-state index in [4.69, 9.17) is 0 Å². The first kappa shape index (κ1) is 11.7. The number of benzene rings is 1. The summed E-state index contributed by atoms with van der Waals surface area (Å²) >= 11 is 0. The second-order valence-corrected chi connectivity index (χ2v) is 5.17. The molecule has 3 rings (SSSR count). The van der Waals surface area contributed by atoms with Crippen molar-refractivity contribution < 1.29 is 4.39 Å². The monoisotopic (exact) mass is 246 g/mol. The molecule has 1 atom stereocenters. The maximum absolute atomic E-state index is 13.4. The van der Waals surface area contributed by atoms with Gasteiger partial charge in [0.1, 0.15) is 5.82 Å². The lowest BCUT2D eigenvalue weighted by atomic mass is 9.91. The first-order valence-electron chi connectivity index (χ1n) is 6.80. The van der Waals surface area contributed by atoms with Gasteiger partial charge in [-0.25, -0.2) is 4.39 Å². The number of hydrogen-bond donors (Lipinski definition) is 2. The molecule has 0 fully saturated rings. The highest BCUT2D eigenvalue weighted by Gasteiger charge is 2.21. The van der Waals surface area contributed by atoms with Crippen LogP contribution in [0.1, 0.15) is 31.0 Å².